The monoisotopic (exact) mass is 496 g/mol. The smallest absolute Gasteiger partial charge is 0.458 e. The van der Waals surface area contributed by atoms with Crippen LogP contribution in [0.15, 0.2) is 24.3 Å². The maximum absolute atomic E-state index is 14.2. The predicted octanol–water partition coefficient (Wildman–Crippen LogP) is 4.95. The Balaban J connectivity index is 2.47. The third-order valence-electron chi connectivity index (χ3n) is 4.08. The lowest BCUT2D eigenvalue weighted by molar-refractivity contribution is -0.305. The van der Waals surface area contributed by atoms with Crippen LogP contribution in [0.4, 0.5) is 28.3 Å². The van der Waals surface area contributed by atoms with E-state index in [0.29, 0.717) is 29.2 Å². The molecule has 0 radical (unpaired) electrons. The lowest BCUT2D eigenvalue weighted by atomic mass is 10.1. The second-order valence-electron chi connectivity index (χ2n) is 6.20. The molecule has 0 bridgehead atoms. The summed E-state index contributed by atoms with van der Waals surface area (Å²) >= 11 is 6.34. The Kier molecular flexibility index (Phi) is 7.86. The molecule has 7 nitrogen and oxygen atoms in total. The zero-order chi connectivity index (χ0) is 24.3. The SMILES string of the molecule is CCOC(=O)c1c(NC(=O)C(F)(OC)C(F)(F)F)sc(C(=O)Nc2cccc(Cl)c2)c1C. The summed E-state index contributed by atoms with van der Waals surface area (Å²) in [5.74, 6) is -8.66. The minimum atomic E-state index is -5.70. The molecule has 0 aliphatic rings. The fourth-order valence-electron chi connectivity index (χ4n) is 2.54. The summed E-state index contributed by atoms with van der Waals surface area (Å²) < 4.78 is 61.8. The minimum Gasteiger partial charge on any atom is -0.462 e. The van der Waals surface area contributed by atoms with Gasteiger partial charge in [0.2, 0.25) is 0 Å². The van der Waals surface area contributed by atoms with Crippen LogP contribution in [0.25, 0.3) is 0 Å². The predicted molar refractivity (Wildman–Crippen MR) is 110 cm³/mol. The molecule has 32 heavy (non-hydrogen) atoms. The molecule has 1 aromatic heterocycles. The van der Waals surface area contributed by atoms with Crippen molar-refractivity contribution in [1.29, 1.82) is 0 Å². The fourth-order valence-corrected chi connectivity index (χ4v) is 3.82. The van der Waals surface area contributed by atoms with E-state index in [9.17, 15) is 31.9 Å². The third-order valence-corrected chi connectivity index (χ3v) is 5.52. The molecule has 2 aromatic rings. The first-order valence-corrected chi connectivity index (χ1v) is 10.0. The van der Waals surface area contributed by atoms with Crippen molar-refractivity contribution in [2.75, 3.05) is 24.4 Å². The van der Waals surface area contributed by atoms with Gasteiger partial charge in [-0.1, -0.05) is 17.7 Å². The number of carbonyl (C=O) groups is 3. The van der Waals surface area contributed by atoms with Crippen LogP contribution in [0.3, 0.4) is 0 Å². The van der Waals surface area contributed by atoms with Crippen LogP contribution in [-0.2, 0) is 14.3 Å². The molecule has 2 N–H and O–H groups in total. The van der Waals surface area contributed by atoms with Crippen LogP contribution in [-0.4, -0.2) is 43.5 Å². The Labute approximate surface area is 188 Å². The van der Waals surface area contributed by atoms with Gasteiger partial charge in [0.05, 0.1) is 17.0 Å². The average Bonchev–Trinajstić information content (AvgIpc) is 3.02. The quantitative estimate of drug-likeness (QED) is 0.418. The van der Waals surface area contributed by atoms with E-state index in [1.54, 1.807) is 17.4 Å². The molecule has 1 aromatic carbocycles. The number of hydrogen-bond acceptors (Lipinski definition) is 6. The fraction of sp³-hybridized carbons (Fsp3) is 0.316. The van der Waals surface area contributed by atoms with Gasteiger partial charge >= 0.3 is 23.9 Å². The summed E-state index contributed by atoms with van der Waals surface area (Å²) in [5, 5.41) is 4.03. The molecule has 2 amide bonds. The van der Waals surface area contributed by atoms with Gasteiger partial charge in [-0.25, -0.2) is 4.79 Å². The van der Waals surface area contributed by atoms with E-state index in [-0.39, 0.29) is 22.6 Å². The van der Waals surface area contributed by atoms with Crippen molar-refractivity contribution in [2.45, 2.75) is 25.9 Å². The number of rotatable bonds is 7. The van der Waals surface area contributed by atoms with Crippen LogP contribution in [0, 0.1) is 6.92 Å². The van der Waals surface area contributed by atoms with Crippen molar-refractivity contribution >= 4 is 51.4 Å². The molecule has 0 spiro atoms. The van der Waals surface area contributed by atoms with Gasteiger partial charge in [-0.2, -0.15) is 17.6 Å². The number of ether oxygens (including phenoxy) is 2. The normalized spacial score (nSPS) is 13.2. The molecule has 0 saturated carbocycles. The zero-order valence-corrected chi connectivity index (χ0v) is 18.4. The number of halogens is 5. The molecule has 0 aliphatic heterocycles. The van der Waals surface area contributed by atoms with E-state index in [1.165, 1.54) is 26.0 Å². The molecule has 1 atom stereocenters. The highest BCUT2D eigenvalue weighted by Crippen LogP contribution is 2.39. The summed E-state index contributed by atoms with van der Waals surface area (Å²) in [5.41, 5.74) is -0.0722. The first-order chi connectivity index (χ1) is 14.9. The van der Waals surface area contributed by atoms with Gasteiger partial charge in [0, 0.05) is 17.8 Å². The minimum absolute atomic E-state index is 0.0113. The number of anilines is 2. The summed E-state index contributed by atoms with van der Waals surface area (Å²) in [6, 6.07) is 6.11. The summed E-state index contributed by atoms with van der Waals surface area (Å²) in [6.45, 7) is 2.71. The van der Waals surface area contributed by atoms with Crippen molar-refractivity contribution in [2.24, 2.45) is 0 Å². The number of carbonyl (C=O) groups excluding carboxylic acids is 3. The standard InChI is InChI=1S/C19H17ClF4N2O5S/c1-4-31-16(28)12-9(2)13(14(27)25-11-7-5-6-10(20)8-11)32-15(12)26-17(29)18(21,30-3)19(22,23)24/h5-8H,4H2,1-3H3,(H,25,27)(H,26,29). The summed E-state index contributed by atoms with van der Waals surface area (Å²) in [7, 11) is 0.364. The van der Waals surface area contributed by atoms with Crippen molar-refractivity contribution in [1.82, 2.24) is 0 Å². The summed E-state index contributed by atoms with van der Waals surface area (Å²) in [6.07, 6.45) is -5.70. The molecule has 0 aliphatic carbocycles. The van der Waals surface area contributed by atoms with Crippen molar-refractivity contribution in [3.63, 3.8) is 0 Å². The van der Waals surface area contributed by atoms with E-state index in [4.69, 9.17) is 16.3 Å². The third kappa shape index (κ3) is 5.19. The van der Waals surface area contributed by atoms with E-state index in [0.717, 1.165) is 0 Å². The van der Waals surface area contributed by atoms with Crippen molar-refractivity contribution in [3.8, 4) is 0 Å². The highest BCUT2D eigenvalue weighted by atomic mass is 35.5. The Morgan fingerprint density at radius 3 is 2.34 bits per heavy atom. The molecular weight excluding hydrogens is 480 g/mol. The van der Waals surface area contributed by atoms with Gasteiger partial charge in [0.25, 0.3) is 5.91 Å². The lowest BCUT2D eigenvalue weighted by Crippen LogP contribution is -2.52. The Bertz CT molecular complexity index is 1040. The number of thiophene rings is 1. The molecule has 0 fully saturated rings. The van der Waals surface area contributed by atoms with Crippen LogP contribution in [0.2, 0.25) is 5.02 Å². The van der Waals surface area contributed by atoms with Crippen molar-refractivity contribution in [3.05, 3.63) is 45.3 Å². The molecular formula is C19H17ClF4N2O5S. The molecule has 174 valence electrons. The van der Waals surface area contributed by atoms with Crippen LogP contribution < -0.4 is 10.6 Å². The van der Waals surface area contributed by atoms with Crippen LogP contribution in [0.1, 0.15) is 32.5 Å². The van der Waals surface area contributed by atoms with E-state index in [2.05, 4.69) is 10.1 Å². The highest BCUT2D eigenvalue weighted by Gasteiger charge is 2.63. The second kappa shape index (κ2) is 9.84. The van der Waals surface area contributed by atoms with Gasteiger partial charge in [-0.3, -0.25) is 9.59 Å². The number of methoxy groups -OCH3 is 1. The largest absolute Gasteiger partial charge is 0.462 e. The molecule has 0 saturated heterocycles. The average molecular weight is 497 g/mol. The topological polar surface area (TPSA) is 93.7 Å². The first kappa shape index (κ1) is 25.6. The maximum atomic E-state index is 14.2. The van der Waals surface area contributed by atoms with Gasteiger partial charge < -0.3 is 20.1 Å². The second-order valence-corrected chi connectivity index (χ2v) is 7.65. The number of esters is 1. The molecule has 1 heterocycles. The van der Waals surface area contributed by atoms with Gasteiger partial charge in [0.1, 0.15) is 5.00 Å². The van der Waals surface area contributed by atoms with E-state index < -0.39 is 34.8 Å². The van der Waals surface area contributed by atoms with E-state index in [1.807, 2.05) is 0 Å². The Morgan fingerprint density at radius 2 is 1.81 bits per heavy atom. The van der Waals surface area contributed by atoms with Gasteiger partial charge in [-0.05, 0) is 37.6 Å². The number of benzene rings is 1. The lowest BCUT2D eigenvalue weighted by Gasteiger charge is -2.24. The number of amides is 2. The van der Waals surface area contributed by atoms with Crippen LogP contribution in [0.5, 0.6) is 0 Å². The zero-order valence-electron chi connectivity index (χ0n) is 16.9. The molecule has 13 heteroatoms. The Morgan fingerprint density at radius 1 is 1.16 bits per heavy atom. The van der Waals surface area contributed by atoms with Gasteiger partial charge in [-0.15, -0.1) is 11.3 Å². The summed E-state index contributed by atoms with van der Waals surface area (Å²) in [4.78, 5) is 37.0. The highest BCUT2D eigenvalue weighted by molar-refractivity contribution is 7.19. The first-order valence-electron chi connectivity index (χ1n) is 8.85. The van der Waals surface area contributed by atoms with E-state index >= 15 is 0 Å². The van der Waals surface area contributed by atoms with Gasteiger partial charge in [0.15, 0.2) is 0 Å². The number of nitrogens with one attached hydrogen (secondary N) is 2. The molecule has 2 rings (SSSR count). The van der Waals surface area contributed by atoms with Crippen LogP contribution >= 0.6 is 22.9 Å². The Hall–Kier alpha value is -2.70. The number of hydrogen-bond donors (Lipinski definition) is 2. The number of alkyl halides is 4. The van der Waals surface area contributed by atoms with Crippen molar-refractivity contribution < 1.29 is 41.4 Å². The maximum Gasteiger partial charge on any atom is 0.458 e. The molecule has 1 unspecified atom stereocenters.